The molecule has 0 saturated carbocycles. The van der Waals surface area contributed by atoms with Crippen molar-refractivity contribution in [2.24, 2.45) is 0 Å². The number of hydrogen-bond donors (Lipinski definition) is 2. The molecular formula is C24H20FN5OS. The maximum Gasteiger partial charge on any atom is 0.240 e. The summed E-state index contributed by atoms with van der Waals surface area (Å²) in [7, 11) is 0. The summed E-state index contributed by atoms with van der Waals surface area (Å²) in [6.07, 6.45) is 0. The molecule has 8 heteroatoms. The third-order valence-corrected chi connectivity index (χ3v) is 6.49. The van der Waals surface area contributed by atoms with E-state index < -0.39 is 11.3 Å². The van der Waals surface area contributed by atoms with Gasteiger partial charge < -0.3 is 10.7 Å². The van der Waals surface area contributed by atoms with Crippen LogP contribution in [0.5, 0.6) is 0 Å². The van der Waals surface area contributed by atoms with E-state index in [0.29, 0.717) is 11.0 Å². The van der Waals surface area contributed by atoms with Crippen molar-refractivity contribution in [3.05, 3.63) is 95.8 Å². The van der Waals surface area contributed by atoms with Crippen molar-refractivity contribution in [2.75, 3.05) is 10.7 Å². The van der Waals surface area contributed by atoms with Gasteiger partial charge in [-0.3, -0.25) is 4.79 Å². The number of benzene rings is 3. The van der Waals surface area contributed by atoms with Gasteiger partial charge in [-0.05, 0) is 36.8 Å². The van der Waals surface area contributed by atoms with E-state index in [2.05, 4.69) is 20.9 Å². The number of aromatic nitrogens is 3. The monoisotopic (exact) mass is 445 g/mol. The number of rotatable bonds is 4. The fourth-order valence-electron chi connectivity index (χ4n) is 3.60. The first-order valence-electron chi connectivity index (χ1n) is 10.2. The number of carbonyl (C=O) groups is 1. The number of amides is 1. The Morgan fingerprint density at radius 2 is 1.72 bits per heavy atom. The SMILES string of the molecule is Cc1ccc(NC(=O)[C@H]2Sc3nnc(-c4ccccc4)n3N[C@@H]2c2ccc(F)cc2)cc1. The molecule has 0 fully saturated rings. The van der Waals surface area contributed by atoms with Crippen molar-refractivity contribution in [1.82, 2.24) is 14.9 Å². The third kappa shape index (κ3) is 3.97. The topological polar surface area (TPSA) is 71.8 Å². The number of thioether (sulfide) groups is 1. The average Bonchev–Trinajstić information content (AvgIpc) is 3.24. The zero-order valence-electron chi connectivity index (χ0n) is 17.2. The largest absolute Gasteiger partial charge is 0.325 e. The van der Waals surface area contributed by atoms with Crippen LogP contribution in [0.25, 0.3) is 11.4 Å². The maximum atomic E-state index is 13.6. The normalized spacial score (nSPS) is 17.3. The lowest BCUT2D eigenvalue weighted by Gasteiger charge is -2.33. The van der Waals surface area contributed by atoms with Crippen LogP contribution in [0.15, 0.2) is 84.0 Å². The van der Waals surface area contributed by atoms with E-state index in [9.17, 15) is 9.18 Å². The van der Waals surface area contributed by atoms with Crippen molar-refractivity contribution < 1.29 is 9.18 Å². The summed E-state index contributed by atoms with van der Waals surface area (Å²) in [4.78, 5) is 13.3. The number of hydrogen-bond acceptors (Lipinski definition) is 5. The molecule has 0 aliphatic carbocycles. The fourth-order valence-corrected chi connectivity index (χ4v) is 4.68. The number of aryl methyl sites for hydroxylation is 1. The summed E-state index contributed by atoms with van der Waals surface area (Å²) in [5.41, 5.74) is 6.92. The van der Waals surface area contributed by atoms with Gasteiger partial charge in [-0.2, -0.15) is 0 Å². The number of carbonyl (C=O) groups excluding carboxylic acids is 1. The molecule has 5 rings (SSSR count). The third-order valence-electron chi connectivity index (χ3n) is 5.28. The quantitative estimate of drug-likeness (QED) is 0.473. The van der Waals surface area contributed by atoms with Crippen LogP contribution in [-0.2, 0) is 4.79 Å². The van der Waals surface area contributed by atoms with E-state index in [4.69, 9.17) is 0 Å². The lowest BCUT2D eigenvalue weighted by molar-refractivity contribution is -0.116. The number of nitrogens with one attached hydrogen (secondary N) is 2. The van der Waals surface area contributed by atoms with E-state index in [1.807, 2.05) is 61.5 Å². The molecule has 3 aromatic carbocycles. The number of anilines is 1. The zero-order chi connectivity index (χ0) is 22.1. The summed E-state index contributed by atoms with van der Waals surface area (Å²) in [6.45, 7) is 1.99. The lowest BCUT2D eigenvalue weighted by atomic mass is 10.0. The van der Waals surface area contributed by atoms with E-state index in [1.165, 1.54) is 23.9 Å². The highest BCUT2D eigenvalue weighted by Crippen LogP contribution is 2.39. The van der Waals surface area contributed by atoms with Gasteiger partial charge in [0.25, 0.3) is 0 Å². The molecule has 1 aromatic heterocycles. The first kappa shape index (κ1) is 20.3. The second-order valence-corrected chi connectivity index (χ2v) is 8.67. The zero-order valence-corrected chi connectivity index (χ0v) is 18.0. The Morgan fingerprint density at radius 3 is 2.44 bits per heavy atom. The van der Waals surface area contributed by atoms with Crippen molar-refractivity contribution >= 4 is 23.4 Å². The van der Waals surface area contributed by atoms with Gasteiger partial charge in [-0.15, -0.1) is 10.2 Å². The van der Waals surface area contributed by atoms with Crippen LogP contribution in [0.4, 0.5) is 10.1 Å². The fraction of sp³-hybridized carbons (Fsp3) is 0.125. The Morgan fingerprint density at radius 1 is 1.00 bits per heavy atom. The molecule has 0 unspecified atom stereocenters. The van der Waals surface area contributed by atoms with Crippen LogP contribution < -0.4 is 10.7 Å². The molecule has 160 valence electrons. The predicted octanol–water partition coefficient (Wildman–Crippen LogP) is 4.79. The maximum absolute atomic E-state index is 13.6. The molecule has 1 aliphatic heterocycles. The van der Waals surface area contributed by atoms with Crippen LogP contribution >= 0.6 is 11.8 Å². The number of halogens is 1. The predicted molar refractivity (Wildman–Crippen MR) is 123 cm³/mol. The molecule has 2 N–H and O–H groups in total. The Kier molecular flexibility index (Phi) is 5.36. The Hall–Kier alpha value is -3.65. The summed E-state index contributed by atoms with van der Waals surface area (Å²) < 4.78 is 15.4. The van der Waals surface area contributed by atoms with Gasteiger partial charge in [-0.25, -0.2) is 9.07 Å². The van der Waals surface area contributed by atoms with Crippen LogP contribution in [0.2, 0.25) is 0 Å². The number of fused-ring (bicyclic) bond motifs is 1. The Labute approximate surface area is 188 Å². The second-order valence-electron chi connectivity index (χ2n) is 7.56. The summed E-state index contributed by atoms with van der Waals surface area (Å²) in [5.74, 6) is 0.154. The highest BCUT2D eigenvalue weighted by molar-refractivity contribution is 8.00. The molecule has 0 radical (unpaired) electrons. The first-order valence-corrected chi connectivity index (χ1v) is 11.0. The van der Waals surface area contributed by atoms with Gasteiger partial charge in [-0.1, -0.05) is 71.9 Å². The summed E-state index contributed by atoms with van der Waals surface area (Å²) >= 11 is 1.33. The van der Waals surface area contributed by atoms with Gasteiger partial charge in [0.2, 0.25) is 11.1 Å². The van der Waals surface area contributed by atoms with Crippen LogP contribution in [0, 0.1) is 12.7 Å². The highest BCUT2D eigenvalue weighted by atomic mass is 32.2. The van der Waals surface area contributed by atoms with Gasteiger partial charge in [0.05, 0.1) is 6.04 Å². The van der Waals surface area contributed by atoms with E-state index in [-0.39, 0.29) is 11.7 Å². The van der Waals surface area contributed by atoms with Crippen molar-refractivity contribution in [1.29, 1.82) is 0 Å². The molecule has 2 heterocycles. The molecule has 1 aliphatic rings. The minimum atomic E-state index is -0.540. The van der Waals surface area contributed by atoms with E-state index in [1.54, 1.807) is 16.8 Å². The molecule has 2 atom stereocenters. The summed E-state index contributed by atoms with van der Waals surface area (Å²) in [5, 5.41) is 11.7. The second kappa shape index (κ2) is 8.47. The molecule has 1 amide bonds. The molecule has 4 aromatic rings. The van der Waals surface area contributed by atoms with Crippen molar-refractivity contribution in [3.63, 3.8) is 0 Å². The van der Waals surface area contributed by atoms with E-state index in [0.717, 1.165) is 22.4 Å². The molecule has 0 spiro atoms. The first-order chi connectivity index (χ1) is 15.6. The minimum absolute atomic E-state index is 0.170. The smallest absolute Gasteiger partial charge is 0.240 e. The van der Waals surface area contributed by atoms with Crippen molar-refractivity contribution in [3.8, 4) is 11.4 Å². The van der Waals surface area contributed by atoms with E-state index >= 15 is 0 Å². The molecule has 0 saturated heterocycles. The Bertz CT molecular complexity index is 1240. The summed E-state index contributed by atoms with van der Waals surface area (Å²) in [6, 6.07) is 23.1. The van der Waals surface area contributed by atoms with Crippen LogP contribution in [-0.4, -0.2) is 26.0 Å². The standard InChI is InChI=1S/C24H20FN5OS/c1-15-7-13-19(14-8-15)26-23(31)21-20(16-9-11-18(25)12-10-16)29-30-22(27-28-24(30)32-21)17-5-3-2-4-6-17/h2-14,20-21,29H,1H3,(H,26,31)/t20-,21+/m1/s1. The molecule has 6 nitrogen and oxygen atoms in total. The van der Waals surface area contributed by atoms with Gasteiger partial charge in [0, 0.05) is 11.3 Å². The average molecular weight is 446 g/mol. The lowest BCUT2D eigenvalue weighted by Crippen LogP contribution is -2.41. The van der Waals surface area contributed by atoms with Gasteiger partial charge in [0.1, 0.15) is 11.1 Å². The van der Waals surface area contributed by atoms with Crippen LogP contribution in [0.1, 0.15) is 17.2 Å². The van der Waals surface area contributed by atoms with Gasteiger partial charge >= 0.3 is 0 Å². The van der Waals surface area contributed by atoms with Crippen LogP contribution in [0.3, 0.4) is 0 Å². The molecule has 32 heavy (non-hydrogen) atoms. The van der Waals surface area contributed by atoms with Crippen molar-refractivity contribution in [2.45, 2.75) is 23.4 Å². The Balaban J connectivity index is 1.50. The van der Waals surface area contributed by atoms with Gasteiger partial charge in [0.15, 0.2) is 5.82 Å². The number of nitrogens with zero attached hydrogens (tertiary/aromatic N) is 3. The molecule has 0 bridgehead atoms. The highest BCUT2D eigenvalue weighted by Gasteiger charge is 2.38. The minimum Gasteiger partial charge on any atom is -0.325 e. The molecular weight excluding hydrogens is 425 g/mol.